The van der Waals surface area contributed by atoms with Crippen LogP contribution in [0.15, 0.2) is 78.9 Å². The molecule has 0 aliphatic carbocycles. The number of anilines is 1. The number of amides is 1. The zero-order chi connectivity index (χ0) is 22.1. The van der Waals surface area contributed by atoms with E-state index >= 15 is 0 Å². The van der Waals surface area contributed by atoms with Crippen LogP contribution in [-0.4, -0.2) is 18.5 Å². The van der Waals surface area contributed by atoms with Crippen LogP contribution in [0.3, 0.4) is 0 Å². The van der Waals surface area contributed by atoms with Gasteiger partial charge in [0, 0.05) is 27.4 Å². The summed E-state index contributed by atoms with van der Waals surface area (Å²) in [4.78, 5) is 23.6. The maximum Gasteiger partial charge on any atom is 0.331 e. The van der Waals surface area contributed by atoms with E-state index in [-0.39, 0.29) is 13.2 Å². The minimum absolute atomic E-state index is 0.241. The summed E-state index contributed by atoms with van der Waals surface area (Å²) in [5, 5.41) is 3.73. The third-order valence-electron chi connectivity index (χ3n) is 4.14. The predicted molar refractivity (Wildman–Crippen MR) is 122 cm³/mol. The van der Waals surface area contributed by atoms with Crippen LogP contribution < -0.4 is 10.1 Å². The van der Waals surface area contributed by atoms with Crippen LogP contribution in [0.4, 0.5) is 5.69 Å². The number of hydrogen-bond donors (Lipinski definition) is 1. The maximum atomic E-state index is 11.8. The number of benzene rings is 3. The predicted octanol–water partition coefficient (Wildman–Crippen LogP) is 5.77. The molecule has 3 aromatic rings. The lowest BCUT2D eigenvalue weighted by molar-refractivity contribution is -0.142. The number of halogens is 2. The Kier molecular flexibility index (Phi) is 8.10. The second kappa shape index (κ2) is 11.2. The highest BCUT2D eigenvalue weighted by Crippen LogP contribution is 2.26. The van der Waals surface area contributed by atoms with Gasteiger partial charge in [0.25, 0.3) is 5.91 Å². The SMILES string of the molecule is O=C(COC(=O)C=Cc1ccc(OCc2c(Cl)cccc2Cl)cc1)Nc1ccccc1. The standard InChI is InChI=1S/C24H19Cl2NO4/c25-21-7-4-8-22(26)20(21)15-30-19-12-9-17(10-13-19)11-14-24(29)31-16-23(28)27-18-5-2-1-3-6-18/h1-14H,15-16H2,(H,27,28). The van der Waals surface area contributed by atoms with E-state index < -0.39 is 11.9 Å². The van der Waals surface area contributed by atoms with Gasteiger partial charge in [-0.3, -0.25) is 4.79 Å². The number of hydrogen-bond acceptors (Lipinski definition) is 4. The van der Waals surface area contributed by atoms with Gasteiger partial charge in [-0.2, -0.15) is 0 Å². The van der Waals surface area contributed by atoms with Crippen LogP contribution in [0.5, 0.6) is 5.75 Å². The molecule has 0 fully saturated rings. The van der Waals surface area contributed by atoms with Gasteiger partial charge >= 0.3 is 5.97 Å². The molecule has 0 aromatic heterocycles. The summed E-state index contributed by atoms with van der Waals surface area (Å²) < 4.78 is 10.7. The number of esters is 1. The van der Waals surface area contributed by atoms with Crippen molar-refractivity contribution in [1.29, 1.82) is 0 Å². The van der Waals surface area contributed by atoms with Crippen molar-refractivity contribution in [3.63, 3.8) is 0 Å². The van der Waals surface area contributed by atoms with Crippen molar-refractivity contribution in [2.45, 2.75) is 6.61 Å². The molecular weight excluding hydrogens is 437 g/mol. The first-order valence-electron chi connectivity index (χ1n) is 9.37. The molecule has 0 atom stereocenters. The molecule has 0 saturated carbocycles. The van der Waals surface area contributed by atoms with E-state index in [1.165, 1.54) is 6.08 Å². The smallest absolute Gasteiger partial charge is 0.331 e. The fourth-order valence-corrected chi connectivity index (χ4v) is 3.08. The Bertz CT molecular complexity index is 1050. The first-order chi connectivity index (χ1) is 15.0. The molecule has 0 radical (unpaired) electrons. The van der Waals surface area contributed by atoms with E-state index in [2.05, 4.69) is 5.32 Å². The number of ether oxygens (including phenoxy) is 2. The average Bonchev–Trinajstić information content (AvgIpc) is 2.77. The Morgan fingerprint density at radius 2 is 1.55 bits per heavy atom. The topological polar surface area (TPSA) is 64.6 Å². The van der Waals surface area contributed by atoms with Crippen molar-refractivity contribution in [2.75, 3.05) is 11.9 Å². The number of rotatable bonds is 8. The molecule has 0 spiro atoms. The summed E-state index contributed by atoms with van der Waals surface area (Å²) in [5.41, 5.74) is 2.13. The Morgan fingerprint density at radius 1 is 0.871 bits per heavy atom. The molecule has 0 heterocycles. The summed E-state index contributed by atoms with van der Waals surface area (Å²) >= 11 is 12.3. The van der Waals surface area contributed by atoms with E-state index in [4.69, 9.17) is 32.7 Å². The molecule has 0 aliphatic rings. The molecule has 31 heavy (non-hydrogen) atoms. The number of carbonyl (C=O) groups is 2. The summed E-state index contributed by atoms with van der Waals surface area (Å²) in [6.07, 6.45) is 2.85. The number of carbonyl (C=O) groups excluding carboxylic acids is 2. The van der Waals surface area contributed by atoms with Crippen molar-refractivity contribution < 1.29 is 19.1 Å². The van der Waals surface area contributed by atoms with E-state index in [1.54, 1.807) is 72.8 Å². The van der Waals surface area contributed by atoms with Crippen molar-refractivity contribution in [2.24, 2.45) is 0 Å². The fraction of sp³-hybridized carbons (Fsp3) is 0.0833. The third kappa shape index (κ3) is 7.17. The quantitative estimate of drug-likeness (QED) is 0.346. The normalized spacial score (nSPS) is 10.6. The van der Waals surface area contributed by atoms with Crippen LogP contribution in [0, 0.1) is 0 Å². The molecule has 0 saturated heterocycles. The zero-order valence-corrected chi connectivity index (χ0v) is 17.9. The van der Waals surface area contributed by atoms with Crippen LogP contribution >= 0.6 is 23.2 Å². The lowest BCUT2D eigenvalue weighted by atomic mass is 10.2. The summed E-state index contributed by atoms with van der Waals surface area (Å²) in [5.74, 6) is -0.390. The Labute approximate surface area is 190 Å². The van der Waals surface area contributed by atoms with Crippen LogP contribution in [0.2, 0.25) is 10.0 Å². The zero-order valence-electron chi connectivity index (χ0n) is 16.4. The highest BCUT2D eigenvalue weighted by molar-refractivity contribution is 6.35. The second-order valence-electron chi connectivity index (χ2n) is 6.41. The van der Waals surface area contributed by atoms with Gasteiger partial charge < -0.3 is 14.8 Å². The Balaban J connectivity index is 1.45. The van der Waals surface area contributed by atoms with Crippen molar-refractivity contribution >= 4 is 46.8 Å². The minimum Gasteiger partial charge on any atom is -0.489 e. The summed E-state index contributed by atoms with van der Waals surface area (Å²) in [7, 11) is 0. The van der Waals surface area contributed by atoms with E-state index in [1.807, 2.05) is 6.07 Å². The van der Waals surface area contributed by atoms with Gasteiger partial charge in [0.15, 0.2) is 6.61 Å². The molecule has 3 rings (SSSR count). The third-order valence-corrected chi connectivity index (χ3v) is 4.85. The van der Waals surface area contributed by atoms with Gasteiger partial charge in [-0.05, 0) is 48.0 Å². The van der Waals surface area contributed by atoms with Crippen molar-refractivity contribution in [3.8, 4) is 5.75 Å². The summed E-state index contributed by atoms with van der Waals surface area (Å²) in [6.45, 7) is -0.124. The van der Waals surface area contributed by atoms with E-state index in [9.17, 15) is 9.59 Å². The van der Waals surface area contributed by atoms with E-state index in [0.717, 1.165) is 5.56 Å². The molecule has 0 bridgehead atoms. The largest absolute Gasteiger partial charge is 0.489 e. The number of para-hydroxylation sites is 1. The Morgan fingerprint density at radius 3 is 2.23 bits per heavy atom. The minimum atomic E-state index is -0.614. The highest BCUT2D eigenvalue weighted by atomic mass is 35.5. The van der Waals surface area contributed by atoms with Gasteiger partial charge in [0.05, 0.1) is 0 Å². The van der Waals surface area contributed by atoms with Crippen molar-refractivity contribution in [1.82, 2.24) is 0 Å². The fourth-order valence-electron chi connectivity index (χ4n) is 2.57. The van der Waals surface area contributed by atoms with Crippen LogP contribution in [0.25, 0.3) is 6.08 Å². The average molecular weight is 456 g/mol. The second-order valence-corrected chi connectivity index (χ2v) is 7.23. The molecular formula is C24H19Cl2NO4. The van der Waals surface area contributed by atoms with Gasteiger partial charge in [-0.1, -0.05) is 59.6 Å². The van der Waals surface area contributed by atoms with Crippen LogP contribution in [-0.2, 0) is 20.9 Å². The molecule has 0 aliphatic heterocycles. The Hall–Kier alpha value is -3.28. The molecule has 1 N–H and O–H groups in total. The van der Waals surface area contributed by atoms with Gasteiger partial charge in [-0.25, -0.2) is 4.79 Å². The molecule has 7 heteroatoms. The van der Waals surface area contributed by atoms with Gasteiger partial charge in [-0.15, -0.1) is 0 Å². The maximum absolute atomic E-state index is 11.8. The lowest BCUT2D eigenvalue weighted by Gasteiger charge is -2.09. The molecule has 158 valence electrons. The molecule has 0 unspecified atom stereocenters. The molecule has 1 amide bonds. The number of nitrogens with one attached hydrogen (secondary N) is 1. The summed E-state index contributed by atoms with van der Waals surface area (Å²) in [6, 6.07) is 21.3. The molecule has 3 aromatic carbocycles. The van der Waals surface area contributed by atoms with Gasteiger partial charge in [0.1, 0.15) is 12.4 Å². The van der Waals surface area contributed by atoms with Gasteiger partial charge in [0.2, 0.25) is 0 Å². The molecule has 5 nitrogen and oxygen atoms in total. The first kappa shape index (κ1) is 22.4. The van der Waals surface area contributed by atoms with Crippen molar-refractivity contribution in [3.05, 3.63) is 100 Å². The van der Waals surface area contributed by atoms with E-state index in [0.29, 0.717) is 27.0 Å². The monoisotopic (exact) mass is 455 g/mol. The lowest BCUT2D eigenvalue weighted by Crippen LogP contribution is -2.20. The van der Waals surface area contributed by atoms with Crippen LogP contribution in [0.1, 0.15) is 11.1 Å². The first-order valence-corrected chi connectivity index (χ1v) is 10.1. The highest BCUT2D eigenvalue weighted by Gasteiger charge is 2.07.